The number of hydrogen-bond acceptors (Lipinski definition) is 4. The van der Waals surface area contributed by atoms with Gasteiger partial charge in [-0.1, -0.05) is 17.7 Å². The van der Waals surface area contributed by atoms with Crippen LogP contribution in [0.4, 0.5) is 0 Å². The maximum atomic E-state index is 11.9. The number of ether oxygens (including phenoxy) is 1. The molecule has 1 amide bonds. The molecule has 0 saturated heterocycles. The van der Waals surface area contributed by atoms with Gasteiger partial charge in [-0.3, -0.25) is 4.79 Å². The second kappa shape index (κ2) is 6.95. The van der Waals surface area contributed by atoms with Gasteiger partial charge in [-0.05, 0) is 32.0 Å². The van der Waals surface area contributed by atoms with E-state index in [1.54, 1.807) is 6.07 Å². The Kier molecular flexibility index (Phi) is 5.00. The lowest BCUT2D eigenvalue weighted by Crippen LogP contribution is -2.33. The van der Waals surface area contributed by atoms with Crippen LogP contribution in [0, 0.1) is 6.92 Å². The van der Waals surface area contributed by atoms with Crippen LogP contribution in [0.15, 0.2) is 41.0 Å². The van der Waals surface area contributed by atoms with Crippen molar-refractivity contribution in [1.82, 2.24) is 5.32 Å². The second-order valence-electron chi connectivity index (χ2n) is 4.96. The molecule has 0 aliphatic heterocycles. The second-order valence-corrected chi connectivity index (χ2v) is 4.96. The number of carbonyl (C=O) groups is 1. The number of amides is 1. The summed E-state index contributed by atoms with van der Waals surface area (Å²) in [5, 5.41) is 2.80. The van der Waals surface area contributed by atoms with Crippen molar-refractivity contribution < 1.29 is 13.9 Å². The molecular weight excluding hydrogens is 268 g/mol. The summed E-state index contributed by atoms with van der Waals surface area (Å²) >= 11 is 0. The highest BCUT2D eigenvalue weighted by molar-refractivity contribution is 5.93. The first-order valence-corrected chi connectivity index (χ1v) is 6.87. The number of nitrogens with one attached hydrogen (secondary N) is 1. The van der Waals surface area contributed by atoms with E-state index in [0.717, 1.165) is 5.75 Å². The molecule has 21 heavy (non-hydrogen) atoms. The number of aryl methyl sites for hydroxylation is 1. The van der Waals surface area contributed by atoms with E-state index in [9.17, 15) is 4.79 Å². The Hall–Kier alpha value is -2.27. The van der Waals surface area contributed by atoms with Gasteiger partial charge >= 0.3 is 0 Å². The van der Waals surface area contributed by atoms with E-state index in [4.69, 9.17) is 14.9 Å². The Labute approximate surface area is 124 Å². The first-order valence-electron chi connectivity index (χ1n) is 6.87. The van der Waals surface area contributed by atoms with E-state index >= 15 is 0 Å². The Morgan fingerprint density at radius 3 is 2.71 bits per heavy atom. The molecule has 0 saturated carbocycles. The fraction of sp³-hybridized carbons (Fsp3) is 0.312. The average Bonchev–Trinajstić information content (AvgIpc) is 2.96. The van der Waals surface area contributed by atoms with Gasteiger partial charge in [-0.2, -0.15) is 0 Å². The number of benzene rings is 1. The molecule has 2 rings (SSSR count). The lowest BCUT2D eigenvalue weighted by molar-refractivity contribution is 0.0931. The van der Waals surface area contributed by atoms with Gasteiger partial charge in [0.2, 0.25) is 0 Å². The van der Waals surface area contributed by atoms with Crippen LogP contribution < -0.4 is 15.8 Å². The van der Waals surface area contributed by atoms with Crippen LogP contribution in [0.5, 0.6) is 5.75 Å². The van der Waals surface area contributed by atoms with Gasteiger partial charge in [0, 0.05) is 0 Å². The Morgan fingerprint density at radius 1 is 1.38 bits per heavy atom. The molecule has 3 N–H and O–H groups in total. The van der Waals surface area contributed by atoms with E-state index in [-0.39, 0.29) is 18.6 Å². The molecule has 112 valence electrons. The molecule has 0 bridgehead atoms. The van der Waals surface area contributed by atoms with Crippen LogP contribution in [0.1, 0.15) is 28.6 Å². The zero-order valence-corrected chi connectivity index (χ0v) is 12.3. The van der Waals surface area contributed by atoms with Crippen molar-refractivity contribution in [2.45, 2.75) is 26.5 Å². The third kappa shape index (κ3) is 4.36. The van der Waals surface area contributed by atoms with Crippen molar-refractivity contribution in [3.63, 3.8) is 0 Å². The fourth-order valence-electron chi connectivity index (χ4n) is 1.84. The van der Waals surface area contributed by atoms with Crippen LogP contribution in [0.2, 0.25) is 0 Å². The molecule has 0 radical (unpaired) electrons. The van der Waals surface area contributed by atoms with E-state index < -0.39 is 0 Å². The van der Waals surface area contributed by atoms with Crippen molar-refractivity contribution in [3.8, 4) is 5.75 Å². The highest BCUT2D eigenvalue weighted by atomic mass is 16.5. The SMILES string of the molecule is Cc1ccc(OC(C)CNC(=O)c2coc(CN)c2)cc1. The Morgan fingerprint density at radius 2 is 2.10 bits per heavy atom. The predicted octanol–water partition coefficient (Wildman–Crippen LogP) is 2.24. The zero-order chi connectivity index (χ0) is 15.2. The monoisotopic (exact) mass is 288 g/mol. The van der Waals surface area contributed by atoms with Crippen LogP contribution in [0.25, 0.3) is 0 Å². The van der Waals surface area contributed by atoms with Gasteiger partial charge in [0.05, 0.1) is 18.7 Å². The summed E-state index contributed by atoms with van der Waals surface area (Å²) in [6.45, 7) is 4.62. The molecular formula is C16H20N2O3. The summed E-state index contributed by atoms with van der Waals surface area (Å²) in [6.07, 6.45) is 1.28. The lowest BCUT2D eigenvalue weighted by atomic mass is 10.2. The highest BCUT2D eigenvalue weighted by Crippen LogP contribution is 2.13. The largest absolute Gasteiger partial charge is 0.489 e. The summed E-state index contributed by atoms with van der Waals surface area (Å²) in [5.41, 5.74) is 7.09. The summed E-state index contributed by atoms with van der Waals surface area (Å²) in [5.74, 6) is 1.18. The Balaban J connectivity index is 1.81. The van der Waals surface area contributed by atoms with Gasteiger partial charge in [-0.25, -0.2) is 0 Å². The van der Waals surface area contributed by atoms with Gasteiger partial charge < -0.3 is 20.2 Å². The smallest absolute Gasteiger partial charge is 0.254 e. The summed E-state index contributed by atoms with van der Waals surface area (Å²) in [6, 6.07) is 9.44. The molecule has 0 aliphatic rings. The van der Waals surface area contributed by atoms with Crippen molar-refractivity contribution >= 4 is 5.91 Å². The van der Waals surface area contributed by atoms with Crippen LogP contribution in [-0.4, -0.2) is 18.6 Å². The first-order chi connectivity index (χ1) is 10.1. The quantitative estimate of drug-likeness (QED) is 0.854. The topological polar surface area (TPSA) is 77.5 Å². The molecule has 5 nitrogen and oxygen atoms in total. The molecule has 1 aromatic carbocycles. The summed E-state index contributed by atoms with van der Waals surface area (Å²) in [7, 11) is 0. The van der Waals surface area contributed by atoms with Gasteiger partial charge in [0.15, 0.2) is 0 Å². The van der Waals surface area contributed by atoms with Gasteiger partial charge in [0.1, 0.15) is 23.9 Å². The third-order valence-corrected chi connectivity index (χ3v) is 3.03. The lowest BCUT2D eigenvalue weighted by Gasteiger charge is -2.15. The predicted molar refractivity (Wildman–Crippen MR) is 80.2 cm³/mol. The molecule has 0 aliphatic carbocycles. The van der Waals surface area contributed by atoms with E-state index in [2.05, 4.69) is 5.32 Å². The highest BCUT2D eigenvalue weighted by Gasteiger charge is 2.11. The summed E-state index contributed by atoms with van der Waals surface area (Å²) in [4.78, 5) is 11.9. The molecule has 1 atom stereocenters. The molecule has 1 aromatic heterocycles. The molecule has 0 fully saturated rings. The molecule has 5 heteroatoms. The maximum Gasteiger partial charge on any atom is 0.254 e. The number of rotatable bonds is 6. The molecule has 1 unspecified atom stereocenters. The van der Waals surface area contributed by atoms with E-state index in [1.165, 1.54) is 11.8 Å². The van der Waals surface area contributed by atoms with Crippen molar-refractivity contribution in [1.29, 1.82) is 0 Å². The van der Waals surface area contributed by atoms with Crippen LogP contribution in [-0.2, 0) is 6.54 Å². The van der Waals surface area contributed by atoms with Crippen molar-refractivity contribution in [2.75, 3.05) is 6.54 Å². The summed E-state index contributed by atoms with van der Waals surface area (Å²) < 4.78 is 10.9. The van der Waals surface area contributed by atoms with Crippen LogP contribution >= 0.6 is 0 Å². The average molecular weight is 288 g/mol. The van der Waals surface area contributed by atoms with Crippen molar-refractivity contribution in [2.24, 2.45) is 5.73 Å². The number of carbonyl (C=O) groups excluding carboxylic acids is 1. The minimum atomic E-state index is -0.196. The molecule has 0 spiro atoms. The third-order valence-electron chi connectivity index (χ3n) is 3.03. The van der Waals surface area contributed by atoms with Crippen LogP contribution in [0.3, 0.4) is 0 Å². The molecule has 1 heterocycles. The number of hydrogen-bond donors (Lipinski definition) is 2. The minimum absolute atomic E-state index is 0.127. The normalized spacial score (nSPS) is 12.0. The fourth-order valence-corrected chi connectivity index (χ4v) is 1.84. The maximum absolute atomic E-state index is 11.9. The van der Waals surface area contributed by atoms with Gasteiger partial charge in [0.25, 0.3) is 5.91 Å². The van der Waals surface area contributed by atoms with Crippen molar-refractivity contribution in [3.05, 3.63) is 53.5 Å². The number of nitrogens with two attached hydrogens (primary N) is 1. The van der Waals surface area contributed by atoms with E-state index in [1.807, 2.05) is 38.1 Å². The minimum Gasteiger partial charge on any atom is -0.489 e. The first kappa shape index (κ1) is 15.1. The van der Waals surface area contributed by atoms with Gasteiger partial charge in [-0.15, -0.1) is 0 Å². The number of furan rings is 1. The Bertz CT molecular complexity index is 590. The van der Waals surface area contributed by atoms with E-state index in [0.29, 0.717) is 17.9 Å². The molecule has 2 aromatic rings. The standard InChI is InChI=1S/C16H20N2O3/c1-11-3-5-14(6-4-11)21-12(2)9-18-16(19)13-7-15(8-17)20-10-13/h3-7,10,12H,8-9,17H2,1-2H3,(H,18,19). The zero-order valence-electron chi connectivity index (χ0n) is 12.3.